The molecule has 0 aliphatic carbocycles. The van der Waals surface area contributed by atoms with Crippen molar-refractivity contribution in [2.24, 2.45) is 0 Å². The summed E-state index contributed by atoms with van der Waals surface area (Å²) in [6.07, 6.45) is 0.387. The summed E-state index contributed by atoms with van der Waals surface area (Å²) in [5, 5.41) is 12.0. The van der Waals surface area contributed by atoms with Crippen LogP contribution in [0.1, 0.15) is 24.0 Å². The summed E-state index contributed by atoms with van der Waals surface area (Å²) in [4.78, 5) is 11.3. The van der Waals surface area contributed by atoms with Crippen molar-refractivity contribution < 1.29 is 14.6 Å². The number of benzene rings is 1. The molecule has 1 heterocycles. The first-order valence-electron chi connectivity index (χ1n) is 5.27. The summed E-state index contributed by atoms with van der Waals surface area (Å²) in [6, 6.07) is 3.73. The zero-order valence-corrected chi connectivity index (χ0v) is 9.41. The Morgan fingerprint density at radius 2 is 2.31 bits per heavy atom. The molecule has 86 valence electrons. The van der Waals surface area contributed by atoms with E-state index in [1.807, 2.05) is 19.1 Å². The minimum Gasteiger partial charge on any atom is -0.497 e. The van der Waals surface area contributed by atoms with Crippen molar-refractivity contribution in [3.05, 3.63) is 23.3 Å². The zero-order chi connectivity index (χ0) is 11.7. The molecule has 0 bridgehead atoms. The monoisotopic (exact) mass is 221 g/mol. The van der Waals surface area contributed by atoms with Gasteiger partial charge in [0, 0.05) is 18.2 Å². The summed E-state index contributed by atoms with van der Waals surface area (Å²) in [5.74, 6) is 0.711. The van der Waals surface area contributed by atoms with Crippen molar-refractivity contribution in [2.45, 2.75) is 19.3 Å². The number of fused-ring (bicyclic) bond motifs is 1. The molecule has 1 unspecified atom stereocenters. The third kappa shape index (κ3) is 1.76. The number of methoxy groups -OCH3 is 1. The van der Waals surface area contributed by atoms with E-state index in [1.165, 1.54) is 0 Å². The van der Waals surface area contributed by atoms with Gasteiger partial charge in [-0.05, 0) is 23.3 Å². The standard InChI is InChI=1S/C12H15NO3/c1-7(6-14)10-5-9(16-2)3-8-4-11(15)13-12(8)10/h3,5,7,14H,4,6H2,1-2H3,(H,13,15). The number of aliphatic hydroxyl groups excluding tert-OH is 1. The second-order valence-electron chi connectivity index (χ2n) is 4.06. The number of nitrogens with one attached hydrogen (secondary N) is 1. The van der Waals surface area contributed by atoms with E-state index in [-0.39, 0.29) is 18.4 Å². The number of amides is 1. The van der Waals surface area contributed by atoms with E-state index in [9.17, 15) is 9.90 Å². The molecule has 2 rings (SSSR count). The Kier molecular flexibility index (Phi) is 2.83. The second kappa shape index (κ2) is 4.14. The molecule has 0 aromatic heterocycles. The van der Waals surface area contributed by atoms with Crippen LogP contribution >= 0.6 is 0 Å². The van der Waals surface area contributed by atoms with Crippen molar-refractivity contribution in [3.63, 3.8) is 0 Å². The highest BCUT2D eigenvalue weighted by atomic mass is 16.5. The Labute approximate surface area is 94.2 Å². The Morgan fingerprint density at radius 1 is 1.56 bits per heavy atom. The molecule has 1 atom stereocenters. The van der Waals surface area contributed by atoms with E-state index in [1.54, 1.807) is 7.11 Å². The van der Waals surface area contributed by atoms with Crippen LogP contribution in [0.4, 0.5) is 5.69 Å². The predicted octanol–water partition coefficient (Wildman–Crippen LogP) is 1.29. The first-order valence-corrected chi connectivity index (χ1v) is 5.27. The normalized spacial score (nSPS) is 15.6. The van der Waals surface area contributed by atoms with Crippen LogP contribution in [-0.2, 0) is 11.2 Å². The number of hydrogen-bond donors (Lipinski definition) is 2. The van der Waals surface area contributed by atoms with E-state index >= 15 is 0 Å². The Morgan fingerprint density at radius 3 is 2.94 bits per heavy atom. The summed E-state index contributed by atoms with van der Waals surface area (Å²) >= 11 is 0. The maximum Gasteiger partial charge on any atom is 0.228 e. The van der Waals surface area contributed by atoms with Gasteiger partial charge in [0.25, 0.3) is 0 Å². The molecule has 1 aromatic carbocycles. The Hall–Kier alpha value is -1.55. The van der Waals surface area contributed by atoms with Gasteiger partial charge in [0.05, 0.1) is 13.5 Å². The predicted molar refractivity (Wildman–Crippen MR) is 60.8 cm³/mol. The average molecular weight is 221 g/mol. The second-order valence-corrected chi connectivity index (χ2v) is 4.06. The third-order valence-electron chi connectivity index (χ3n) is 2.88. The van der Waals surface area contributed by atoms with Gasteiger partial charge in [-0.25, -0.2) is 0 Å². The molecule has 2 N–H and O–H groups in total. The number of aliphatic hydroxyl groups is 1. The molecule has 1 amide bonds. The zero-order valence-electron chi connectivity index (χ0n) is 9.41. The number of carbonyl (C=O) groups is 1. The molecule has 0 spiro atoms. The van der Waals surface area contributed by atoms with E-state index in [2.05, 4.69) is 5.32 Å². The first kappa shape index (κ1) is 11.0. The molecule has 16 heavy (non-hydrogen) atoms. The highest BCUT2D eigenvalue weighted by Crippen LogP contribution is 2.35. The van der Waals surface area contributed by atoms with E-state index in [4.69, 9.17) is 4.74 Å². The third-order valence-corrected chi connectivity index (χ3v) is 2.88. The van der Waals surface area contributed by atoms with Gasteiger partial charge in [0.15, 0.2) is 0 Å². The van der Waals surface area contributed by atoms with Gasteiger partial charge in [0.1, 0.15) is 5.75 Å². The van der Waals surface area contributed by atoms with Crippen LogP contribution in [0.3, 0.4) is 0 Å². The summed E-state index contributed by atoms with van der Waals surface area (Å²) in [5.41, 5.74) is 2.72. The highest BCUT2D eigenvalue weighted by molar-refractivity contribution is 6.00. The molecule has 0 saturated heterocycles. The number of anilines is 1. The van der Waals surface area contributed by atoms with Crippen LogP contribution in [0.2, 0.25) is 0 Å². The van der Waals surface area contributed by atoms with Crippen molar-refractivity contribution in [2.75, 3.05) is 19.0 Å². The van der Waals surface area contributed by atoms with Gasteiger partial charge in [0.2, 0.25) is 5.91 Å². The smallest absolute Gasteiger partial charge is 0.228 e. The molecule has 1 aliphatic rings. The molecule has 4 heteroatoms. The van der Waals surface area contributed by atoms with Gasteiger partial charge in [-0.2, -0.15) is 0 Å². The fraction of sp³-hybridized carbons (Fsp3) is 0.417. The highest BCUT2D eigenvalue weighted by Gasteiger charge is 2.24. The first-order chi connectivity index (χ1) is 7.65. The van der Waals surface area contributed by atoms with Crippen LogP contribution in [0.25, 0.3) is 0 Å². The Balaban J connectivity index is 2.51. The topological polar surface area (TPSA) is 58.6 Å². The fourth-order valence-electron chi connectivity index (χ4n) is 1.95. The number of ether oxygens (including phenoxy) is 1. The van der Waals surface area contributed by atoms with E-state index in [0.29, 0.717) is 6.42 Å². The van der Waals surface area contributed by atoms with Crippen molar-refractivity contribution in [3.8, 4) is 5.75 Å². The lowest BCUT2D eigenvalue weighted by atomic mass is 9.97. The van der Waals surface area contributed by atoms with Gasteiger partial charge in [-0.1, -0.05) is 6.92 Å². The number of hydrogen-bond acceptors (Lipinski definition) is 3. The maximum absolute atomic E-state index is 11.3. The van der Waals surface area contributed by atoms with Gasteiger partial charge in [-0.15, -0.1) is 0 Å². The number of rotatable bonds is 3. The molecular formula is C12H15NO3. The molecule has 0 fully saturated rings. The molecule has 1 aliphatic heterocycles. The van der Waals surface area contributed by atoms with E-state index < -0.39 is 0 Å². The summed E-state index contributed by atoms with van der Waals surface area (Å²) in [6.45, 7) is 1.97. The van der Waals surface area contributed by atoms with Gasteiger partial charge in [-0.3, -0.25) is 4.79 Å². The van der Waals surface area contributed by atoms with Crippen molar-refractivity contribution in [1.82, 2.24) is 0 Å². The lowest BCUT2D eigenvalue weighted by molar-refractivity contribution is -0.115. The molecule has 0 radical (unpaired) electrons. The molecule has 1 aromatic rings. The summed E-state index contributed by atoms with van der Waals surface area (Å²) < 4.78 is 5.19. The fourth-order valence-corrected chi connectivity index (χ4v) is 1.95. The maximum atomic E-state index is 11.3. The summed E-state index contributed by atoms with van der Waals surface area (Å²) in [7, 11) is 1.60. The largest absolute Gasteiger partial charge is 0.497 e. The van der Waals surface area contributed by atoms with Crippen LogP contribution < -0.4 is 10.1 Å². The van der Waals surface area contributed by atoms with E-state index in [0.717, 1.165) is 22.6 Å². The minimum absolute atomic E-state index is 0.00496. The lowest BCUT2D eigenvalue weighted by Gasteiger charge is -2.15. The average Bonchev–Trinajstić information content (AvgIpc) is 2.66. The lowest BCUT2D eigenvalue weighted by Crippen LogP contribution is -2.07. The number of carbonyl (C=O) groups excluding carboxylic acids is 1. The Bertz CT molecular complexity index is 429. The van der Waals surface area contributed by atoms with Gasteiger partial charge < -0.3 is 15.2 Å². The molecule has 4 nitrogen and oxygen atoms in total. The van der Waals surface area contributed by atoms with Crippen molar-refractivity contribution in [1.29, 1.82) is 0 Å². The van der Waals surface area contributed by atoms with Crippen molar-refractivity contribution >= 4 is 11.6 Å². The van der Waals surface area contributed by atoms with Crippen LogP contribution in [0, 0.1) is 0 Å². The minimum atomic E-state index is -0.0118. The molecular weight excluding hydrogens is 206 g/mol. The molecule has 0 saturated carbocycles. The van der Waals surface area contributed by atoms with Crippen LogP contribution in [0.5, 0.6) is 5.75 Å². The van der Waals surface area contributed by atoms with Crippen LogP contribution in [0.15, 0.2) is 12.1 Å². The van der Waals surface area contributed by atoms with Crippen LogP contribution in [-0.4, -0.2) is 24.7 Å². The quantitative estimate of drug-likeness (QED) is 0.808. The SMILES string of the molecule is COc1cc2c(c(C(C)CO)c1)NC(=O)C2. The van der Waals surface area contributed by atoms with Gasteiger partial charge >= 0.3 is 0 Å².